The predicted molar refractivity (Wildman–Crippen MR) is 138 cm³/mol. The Morgan fingerprint density at radius 3 is 2.49 bits per heavy atom. The third-order valence-corrected chi connectivity index (χ3v) is 11.4. The molecule has 0 aromatic carbocycles. The second-order valence-corrected chi connectivity index (χ2v) is 13.6. The van der Waals surface area contributed by atoms with Gasteiger partial charge < -0.3 is 33.6 Å². The minimum atomic E-state index is -2.28. The molecular formula is C30H38O11. The van der Waals surface area contributed by atoms with Crippen LogP contribution < -0.4 is 0 Å². The fourth-order valence-corrected chi connectivity index (χ4v) is 9.85. The van der Waals surface area contributed by atoms with Gasteiger partial charge in [0.1, 0.15) is 23.9 Å². The van der Waals surface area contributed by atoms with Gasteiger partial charge in [-0.1, -0.05) is 34.6 Å². The first-order chi connectivity index (χ1) is 19.2. The van der Waals surface area contributed by atoms with Gasteiger partial charge in [0.25, 0.3) is 0 Å². The zero-order valence-corrected chi connectivity index (χ0v) is 24.2. The van der Waals surface area contributed by atoms with Crippen molar-refractivity contribution in [3.8, 4) is 0 Å². The predicted octanol–water partition coefficient (Wildman–Crippen LogP) is 2.27. The Morgan fingerprint density at radius 1 is 1.17 bits per heavy atom. The number of fused-ring (bicyclic) bond motifs is 5. The summed E-state index contributed by atoms with van der Waals surface area (Å²) in [7, 11) is 1.15. The molecule has 3 heterocycles. The lowest BCUT2D eigenvalue weighted by Gasteiger charge is -2.67. The van der Waals surface area contributed by atoms with Crippen LogP contribution in [0.2, 0.25) is 0 Å². The number of aliphatic hydroxyl groups is 2. The second-order valence-electron chi connectivity index (χ2n) is 13.6. The number of carbonyl (C=O) groups is 4. The van der Waals surface area contributed by atoms with Gasteiger partial charge in [-0.3, -0.25) is 14.4 Å². The minimum absolute atomic E-state index is 0.00870. The number of furan rings is 1. The molecule has 2 N–H and O–H groups in total. The number of Topliss-reactive ketones (excluding diaryl/α,β-unsaturated/α-hetero) is 1. The number of carbonyl (C=O) groups excluding carboxylic acids is 4. The Balaban J connectivity index is 1.55. The number of hydrogen-bond donors (Lipinski definition) is 2. The number of aliphatic hydroxyl groups excluding tert-OH is 1. The molecular weight excluding hydrogens is 536 g/mol. The molecule has 224 valence electrons. The van der Waals surface area contributed by atoms with E-state index in [-0.39, 0.29) is 12.8 Å². The molecule has 2 bridgehead atoms. The van der Waals surface area contributed by atoms with E-state index in [9.17, 15) is 29.4 Å². The van der Waals surface area contributed by atoms with Gasteiger partial charge in [-0.25, -0.2) is 4.79 Å². The van der Waals surface area contributed by atoms with E-state index >= 15 is 0 Å². The molecule has 5 fully saturated rings. The maximum absolute atomic E-state index is 14.6. The quantitative estimate of drug-likeness (QED) is 0.301. The van der Waals surface area contributed by atoms with E-state index in [1.807, 2.05) is 6.92 Å². The summed E-state index contributed by atoms with van der Waals surface area (Å²) in [6.07, 6.45) is -0.897. The summed E-state index contributed by atoms with van der Waals surface area (Å²) in [5.74, 6) is -4.82. The first-order valence-electron chi connectivity index (χ1n) is 14.3. The molecule has 2 saturated heterocycles. The third kappa shape index (κ3) is 3.25. The highest BCUT2D eigenvalue weighted by Crippen LogP contribution is 2.78. The first kappa shape index (κ1) is 28.4. The first-order valence-corrected chi connectivity index (χ1v) is 14.3. The van der Waals surface area contributed by atoms with Crippen molar-refractivity contribution in [2.45, 2.75) is 95.9 Å². The minimum Gasteiger partial charge on any atom is -0.472 e. The van der Waals surface area contributed by atoms with Gasteiger partial charge in [0.2, 0.25) is 0 Å². The zero-order valence-electron chi connectivity index (χ0n) is 24.2. The van der Waals surface area contributed by atoms with E-state index in [1.165, 1.54) is 6.26 Å². The van der Waals surface area contributed by atoms with Crippen LogP contribution in [0.5, 0.6) is 0 Å². The summed E-state index contributed by atoms with van der Waals surface area (Å²) in [6.45, 7) is 8.64. The number of ether oxygens (including phenoxy) is 4. The van der Waals surface area contributed by atoms with Gasteiger partial charge in [0.05, 0.1) is 26.1 Å². The number of methoxy groups -OCH3 is 1. The molecule has 11 atom stereocenters. The van der Waals surface area contributed by atoms with Gasteiger partial charge in [-0.15, -0.1) is 0 Å². The van der Waals surface area contributed by atoms with Crippen molar-refractivity contribution in [3.05, 3.63) is 24.2 Å². The number of rotatable bonds is 5. The highest BCUT2D eigenvalue weighted by molar-refractivity contribution is 5.99. The molecule has 11 nitrogen and oxygen atoms in total. The lowest BCUT2D eigenvalue weighted by Crippen LogP contribution is -2.81. The molecule has 6 rings (SSSR count). The Kier molecular flexibility index (Phi) is 5.98. The molecule has 1 spiro atoms. The second kappa shape index (κ2) is 8.64. The van der Waals surface area contributed by atoms with E-state index in [4.69, 9.17) is 23.4 Å². The topological polar surface area (TPSA) is 162 Å². The summed E-state index contributed by atoms with van der Waals surface area (Å²) in [4.78, 5) is 53.3. The largest absolute Gasteiger partial charge is 0.472 e. The smallest absolute Gasteiger partial charge is 0.335 e. The number of hydrogen-bond acceptors (Lipinski definition) is 11. The number of esters is 3. The van der Waals surface area contributed by atoms with Crippen molar-refractivity contribution in [2.75, 3.05) is 7.11 Å². The molecule has 0 radical (unpaired) electrons. The summed E-state index contributed by atoms with van der Waals surface area (Å²) in [5.41, 5.74) is -6.17. The van der Waals surface area contributed by atoms with Crippen molar-refractivity contribution >= 4 is 23.7 Å². The third-order valence-electron chi connectivity index (χ3n) is 11.4. The van der Waals surface area contributed by atoms with Crippen molar-refractivity contribution < 1.29 is 52.8 Å². The van der Waals surface area contributed by atoms with Crippen LogP contribution in [0.4, 0.5) is 0 Å². The monoisotopic (exact) mass is 574 g/mol. The van der Waals surface area contributed by atoms with Crippen LogP contribution in [0, 0.1) is 34.0 Å². The van der Waals surface area contributed by atoms with Crippen LogP contribution >= 0.6 is 0 Å². The van der Waals surface area contributed by atoms with Crippen LogP contribution in [0.15, 0.2) is 23.0 Å². The molecule has 41 heavy (non-hydrogen) atoms. The molecule has 3 aliphatic carbocycles. The van der Waals surface area contributed by atoms with Crippen molar-refractivity contribution in [3.63, 3.8) is 0 Å². The van der Waals surface area contributed by atoms with Crippen LogP contribution in [0.25, 0.3) is 0 Å². The van der Waals surface area contributed by atoms with E-state index < -0.39 is 93.3 Å². The Labute approximate surface area is 237 Å². The van der Waals surface area contributed by atoms with Crippen LogP contribution in [0.1, 0.15) is 72.0 Å². The standard InChI is InChI=1S/C30H38O11/c1-7-17(31)40-24-26(2,3)20(19(33)22(34)37-6)28(5)15-8-10-27(4)16(30(15)25(41-30)29(24,36)23(28)35)12-18(32)39-21(27)14-9-11-38-13-14/h9,11,13,15-16,19-21,24-25,33,36H,7-8,10,12H2,1-6H3/t15-,16+,19-,20+,21+,24+,25-,27-,28-,29+,30-/m1/s1. The molecule has 11 heteroatoms. The van der Waals surface area contributed by atoms with Gasteiger partial charge in [0.15, 0.2) is 17.5 Å². The normalized spacial score (nSPS) is 46.2. The SMILES string of the molecule is CCC(=O)O[C@H]1C(C)(C)[C@H]([C@@H](O)C(=O)OC)[C@]2(C)C(=O)[C@@]1(O)[C@H]1O[C@@]13[C@@H]2CC[C@@]1(C)[C@H](c2ccoc2)OC(=O)C[C@@H]13. The lowest BCUT2D eigenvalue weighted by molar-refractivity contribution is -0.260. The van der Waals surface area contributed by atoms with Gasteiger partial charge in [-0.2, -0.15) is 0 Å². The van der Waals surface area contributed by atoms with Gasteiger partial charge in [-0.05, 0) is 18.9 Å². The van der Waals surface area contributed by atoms with Crippen LogP contribution in [0.3, 0.4) is 0 Å². The molecule has 5 aliphatic rings. The number of cyclic esters (lactones) is 1. The van der Waals surface area contributed by atoms with Gasteiger partial charge in [0, 0.05) is 46.0 Å². The van der Waals surface area contributed by atoms with E-state index in [0.717, 1.165) is 7.11 Å². The number of epoxide rings is 1. The molecule has 3 saturated carbocycles. The average molecular weight is 575 g/mol. The van der Waals surface area contributed by atoms with Crippen molar-refractivity contribution in [1.82, 2.24) is 0 Å². The summed E-state index contributed by atoms with van der Waals surface area (Å²) >= 11 is 0. The molecule has 2 aliphatic heterocycles. The lowest BCUT2D eigenvalue weighted by atomic mass is 9.36. The van der Waals surface area contributed by atoms with Crippen molar-refractivity contribution in [2.24, 2.45) is 34.0 Å². The van der Waals surface area contributed by atoms with Crippen molar-refractivity contribution in [1.29, 1.82) is 0 Å². The Morgan fingerprint density at radius 2 is 1.88 bits per heavy atom. The Hall–Kier alpha value is -2.76. The van der Waals surface area contributed by atoms with E-state index in [1.54, 1.807) is 40.0 Å². The summed E-state index contributed by atoms with van der Waals surface area (Å²) in [5, 5.41) is 24.0. The Bertz CT molecular complexity index is 1300. The maximum Gasteiger partial charge on any atom is 0.335 e. The van der Waals surface area contributed by atoms with Crippen LogP contribution in [-0.2, 0) is 38.1 Å². The average Bonchev–Trinajstić information content (AvgIpc) is 3.41. The number of ketones is 1. The van der Waals surface area contributed by atoms with E-state index in [2.05, 4.69) is 0 Å². The fourth-order valence-electron chi connectivity index (χ4n) is 9.85. The summed E-state index contributed by atoms with van der Waals surface area (Å²) < 4.78 is 28.5. The highest BCUT2D eigenvalue weighted by Gasteiger charge is 2.91. The molecule has 1 aromatic rings. The zero-order chi connectivity index (χ0) is 29.9. The summed E-state index contributed by atoms with van der Waals surface area (Å²) in [6, 6.07) is 1.75. The van der Waals surface area contributed by atoms with Crippen LogP contribution in [-0.4, -0.2) is 70.5 Å². The van der Waals surface area contributed by atoms with Gasteiger partial charge >= 0.3 is 17.9 Å². The molecule has 1 aromatic heterocycles. The highest BCUT2D eigenvalue weighted by atomic mass is 16.6. The van der Waals surface area contributed by atoms with E-state index in [0.29, 0.717) is 18.4 Å². The fraction of sp³-hybridized carbons (Fsp3) is 0.733. The maximum atomic E-state index is 14.6. The molecule has 0 unspecified atom stereocenters. The molecule has 0 amide bonds.